The first kappa shape index (κ1) is 13.2. The monoisotopic (exact) mass is 265 g/mol. The molecule has 0 fully saturated rings. The van der Waals surface area contributed by atoms with E-state index in [2.05, 4.69) is 10.3 Å². The highest BCUT2D eigenvalue weighted by Crippen LogP contribution is 2.28. The van der Waals surface area contributed by atoms with Crippen LogP contribution < -0.4 is 15.8 Å². The van der Waals surface area contributed by atoms with E-state index in [1.165, 1.54) is 19.2 Å². The van der Waals surface area contributed by atoms with E-state index in [1.54, 1.807) is 0 Å². The maximum absolute atomic E-state index is 13.4. The number of benzene rings is 1. The van der Waals surface area contributed by atoms with Gasteiger partial charge < -0.3 is 20.2 Å². The predicted molar refractivity (Wildman–Crippen MR) is 70.7 cm³/mol. The fourth-order valence-corrected chi connectivity index (χ4v) is 1.66. The Morgan fingerprint density at radius 2 is 2.16 bits per heavy atom. The number of halogens is 1. The number of rotatable bonds is 4. The molecule has 0 saturated carbocycles. The lowest BCUT2D eigenvalue weighted by molar-refractivity contribution is 0.387. The van der Waals surface area contributed by atoms with Crippen LogP contribution in [0, 0.1) is 19.7 Å². The molecule has 0 amide bonds. The zero-order valence-corrected chi connectivity index (χ0v) is 11.1. The molecule has 0 aliphatic rings. The van der Waals surface area contributed by atoms with Crippen molar-refractivity contribution in [3.63, 3.8) is 0 Å². The average molecular weight is 265 g/mol. The molecular weight excluding hydrogens is 249 g/mol. The average Bonchev–Trinajstić information content (AvgIpc) is 2.68. The first-order chi connectivity index (χ1) is 9.01. The van der Waals surface area contributed by atoms with Gasteiger partial charge in [-0.25, -0.2) is 9.37 Å². The van der Waals surface area contributed by atoms with Gasteiger partial charge in [0.1, 0.15) is 5.76 Å². The Bertz CT molecular complexity index is 576. The Balaban J connectivity index is 2.15. The van der Waals surface area contributed by atoms with E-state index in [-0.39, 0.29) is 5.75 Å². The molecule has 0 atom stereocenters. The molecule has 3 N–H and O–H groups in total. The van der Waals surface area contributed by atoms with E-state index in [1.807, 2.05) is 13.8 Å². The van der Waals surface area contributed by atoms with Crippen molar-refractivity contribution in [2.75, 3.05) is 18.2 Å². The number of aryl methyl sites for hydroxylation is 2. The molecule has 6 heteroatoms. The molecule has 0 radical (unpaired) electrons. The summed E-state index contributed by atoms with van der Waals surface area (Å²) in [5.41, 5.74) is 7.46. The maximum Gasteiger partial charge on any atom is 0.213 e. The third-order valence-electron chi connectivity index (χ3n) is 2.83. The van der Waals surface area contributed by atoms with Gasteiger partial charge in [-0.05, 0) is 13.8 Å². The van der Waals surface area contributed by atoms with Gasteiger partial charge in [-0.15, -0.1) is 0 Å². The van der Waals surface area contributed by atoms with E-state index in [0.717, 1.165) is 11.5 Å². The molecular formula is C13H16FN3O2. The number of nitrogens with one attached hydrogen (secondary N) is 1. The second kappa shape index (κ2) is 5.17. The van der Waals surface area contributed by atoms with Crippen LogP contribution in [0.4, 0.5) is 15.8 Å². The number of aromatic nitrogens is 1. The van der Waals surface area contributed by atoms with E-state index in [0.29, 0.717) is 23.8 Å². The van der Waals surface area contributed by atoms with Gasteiger partial charge >= 0.3 is 0 Å². The minimum atomic E-state index is -0.492. The van der Waals surface area contributed by atoms with Crippen molar-refractivity contribution in [2.45, 2.75) is 20.4 Å². The number of nitrogens with zero attached hydrogens (tertiary/aromatic N) is 1. The van der Waals surface area contributed by atoms with E-state index in [4.69, 9.17) is 14.9 Å². The van der Waals surface area contributed by atoms with Crippen LogP contribution in [0.1, 0.15) is 17.3 Å². The fourth-order valence-electron chi connectivity index (χ4n) is 1.66. The highest BCUT2D eigenvalue weighted by Gasteiger charge is 2.10. The molecule has 0 spiro atoms. The lowest BCUT2D eigenvalue weighted by atomic mass is 10.2. The van der Waals surface area contributed by atoms with Crippen molar-refractivity contribution >= 4 is 11.4 Å². The molecule has 0 unspecified atom stereocenters. The lowest BCUT2D eigenvalue weighted by Gasteiger charge is -2.10. The van der Waals surface area contributed by atoms with Crippen LogP contribution in [0.2, 0.25) is 0 Å². The van der Waals surface area contributed by atoms with Crippen molar-refractivity contribution < 1.29 is 13.5 Å². The van der Waals surface area contributed by atoms with Crippen molar-refractivity contribution in [3.05, 3.63) is 35.3 Å². The van der Waals surface area contributed by atoms with E-state index >= 15 is 0 Å². The number of hydrogen-bond donors (Lipinski definition) is 2. The zero-order valence-electron chi connectivity index (χ0n) is 11.1. The van der Waals surface area contributed by atoms with Crippen LogP contribution in [0.5, 0.6) is 5.75 Å². The number of anilines is 2. The summed E-state index contributed by atoms with van der Waals surface area (Å²) in [4.78, 5) is 4.24. The van der Waals surface area contributed by atoms with Gasteiger partial charge in [0.2, 0.25) is 5.89 Å². The van der Waals surface area contributed by atoms with Gasteiger partial charge in [0, 0.05) is 12.1 Å². The van der Waals surface area contributed by atoms with Crippen LogP contribution in [-0.2, 0) is 6.54 Å². The Kier molecular flexibility index (Phi) is 3.59. The van der Waals surface area contributed by atoms with E-state index < -0.39 is 5.82 Å². The number of ether oxygens (including phenoxy) is 1. The summed E-state index contributed by atoms with van der Waals surface area (Å²) in [6, 6.07) is 2.72. The highest BCUT2D eigenvalue weighted by molar-refractivity contribution is 5.68. The van der Waals surface area contributed by atoms with Crippen LogP contribution in [-0.4, -0.2) is 12.1 Å². The number of hydrogen-bond acceptors (Lipinski definition) is 5. The molecule has 1 aromatic carbocycles. The van der Waals surface area contributed by atoms with Gasteiger partial charge in [0.05, 0.1) is 30.7 Å². The topological polar surface area (TPSA) is 73.3 Å². The number of nitrogens with two attached hydrogens (primary N) is 1. The largest absolute Gasteiger partial charge is 0.494 e. The van der Waals surface area contributed by atoms with E-state index in [9.17, 15) is 4.39 Å². The Labute approximate surface area is 110 Å². The molecule has 1 aromatic heterocycles. The molecule has 1 heterocycles. The molecule has 2 rings (SSSR count). The third kappa shape index (κ3) is 2.78. The van der Waals surface area contributed by atoms with Gasteiger partial charge in [-0.3, -0.25) is 0 Å². The van der Waals surface area contributed by atoms with Crippen molar-refractivity contribution in [1.82, 2.24) is 4.98 Å². The van der Waals surface area contributed by atoms with Gasteiger partial charge in [-0.1, -0.05) is 0 Å². The molecule has 19 heavy (non-hydrogen) atoms. The zero-order chi connectivity index (χ0) is 14.0. The van der Waals surface area contributed by atoms with Crippen molar-refractivity contribution in [2.24, 2.45) is 0 Å². The minimum absolute atomic E-state index is 0.136. The molecule has 5 nitrogen and oxygen atoms in total. The molecule has 0 saturated heterocycles. The SMILES string of the molecule is COc1cc(NCc2nc(C)c(C)o2)c(N)cc1F. The maximum atomic E-state index is 13.4. The first-order valence-corrected chi connectivity index (χ1v) is 5.81. The number of nitrogen functional groups attached to an aromatic ring is 1. The van der Waals surface area contributed by atoms with Crippen LogP contribution in [0.3, 0.4) is 0 Å². The molecule has 0 bridgehead atoms. The second-order valence-electron chi connectivity index (χ2n) is 4.18. The van der Waals surface area contributed by atoms with Gasteiger partial charge in [0.15, 0.2) is 11.6 Å². The summed E-state index contributed by atoms with van der Waals surface area (Å²) in [6.07, 6.45) is 0. The second-order valence-corrected chi connectivity index (χ2v) is 4.18. The lowest BCUT2D eigenvalue weighted by Crippen LogP contribution is -2.04. The third-order valence-corrected chi connectivity index (χ3v) is 2.83. The molecule has 0 aliphatic heterocycles. The summed E-state index contributed by atoms with van der Waals surface area (Å²) in [5, 5.41) is 3.04. The predicted octanol–water partition coefficient (Wildman–Crippen LogP) is 2.63. The smallest absolute Gasteiger partial charge is 0.213 e. The fraction of sp³-hybridized carbons (Fsp3) is 0.308. The Hall–Kier alpha value is -2.24. The van der Waals surface area contributed by atoms with Crippen LogP contribution in [0.15, 0.2) is 16.5 Å². The Morgan fingerprint density at radius 1 is 1.42 bits per heavy atom. The molecule has 0 aliphatic carbocycles. The normalized spacial score (nSPS) is 10.5. The number of oxazole rings is 1. The highest BCUT2D eigenvalue weighted by atomic mass is 19.1. The summed E-state index contributed by atoms with van der Waals surface area (Å²) < 4.78 is 23.7. The van der Waals surface area contributed by atoms with Crippen molar-refractivity contribution in [1.29, 1.82) is 0 Å². The summed E-state index contributed by atoms with van der Waals surface area (Å²) >= 11 is 0. The Morgan fingerprint density at radius 3 is 2.74 bits per heavy atom. The van der Waals surface area contributed by atoms with Crippen molar-refractivity contribution in [3.8, 4) is 5.75 Å². The minimum Gasteiger partial charge on any atom is -0.494 e. The van der Waals surface area contributed by atoms with Gasteiger partial charge in [-0.2, -0.15) is 0 Å². The molecule has 2 aromatic rings. The summed E-state index contributed by atoms with van der Waals surface area (Å²) in [7, 11) is 1.40. The first-order valence-electron chi connectivity index (χ1n) is 5.81. The van der Waals surface area contributed by atoms with Crippen LogP contribution >= 0.6 is 0 Å². The molecule has 102 valence electrons. The number of methoxy groups -OCH3 is 1. The summed E-state index contributed by atoms with van der Waals surface area (Å²) in [6.45, 7) is 4.09. The quantitative estimate of drug-likeness (QED) is 0.831. The van der Waals surface area contributed by atoms with Crippen LogP contribution in [0.25, 0.3) is 0 Å². The summed E-state index contributed by atoms with van der Waals surface area (Å²) in [5.74, 6) is 0.976. The van der Waals surface area contributed by atoms with Gasteiger partial charge in [0.25, 0.3) is 0 Å². The standard InChI is InChI=1S/C13H16FN3O2/c1-7-8(2)19-13(17-7)6-16-11-5-12(18-3)9(14)4-10(11)15/h4-5,16H,6,15H2,1-3H3.